The molecule has 10 nitrogen and oxygen atoms in total. The van der Waals surface area contributed by atoms with Crippen LogP contribution in [0.5, 0.6) is 0 Å². The topological polar surface area (TPSA) is 135 Å². The summed E-state index contributed by atoms with van der Waals surface area (Å²) < 4.78 is 18.2. The first-order chi connectivity index (χ1) is 18.8. The predicted molar refractivity (Wildman–Crippen MR) is 150 cm³/mol. The second-order valence-electron chi connectivity index (χ2n) is 12.0. The summed E-state index contributed by atoms with van der Waals surface area (Å²) in [5.41, 5.74) is 0.382. The van der Waals surface area contributed by atoms with Crippen molar-refractivity contribution in [3.05, 3.63) is 36.0 Å². The number of Topliss-reactive ketones (excluding diaryl/α,β-unsaturated/α-hetero) is 1. The minimum atomic E-state index is -1.15. The highest BCUT2D eigenvalue weighted by atomic mass is 16.5. The minimum Gasteiger partial charge on any atom is -0.465 e. The molecule has 3 heterocycles. The summed E-state index contributed by atoms with van der Waals surface area (Å²) in [4.78, 5) is 36.1. The maximum atomic E-state index is 12.1. The molecule has 0 bridgehead atoms. The van der Waals surface area contributed by atoms with Crippen LogP contribution in [-0.4, -0.2) is 94.8 Å². The van der Waals surface area contributed by atoms with Crippen LogP contribution in [-0.2, 0) is 23.8 Å². The first-order valence-corrected chi connectivity index (χ1v) is 14.2. The van der Waals surface area contributed by atoms with Gasteiger partial charge in [0.1, 0.15) is 24.7 Å². The Morgan fingerprint density at radius 2 is 2.02 bits per heavy atom. The molecular weight excluding hydrogens is 516 g/mol. The highest BCUT2D eigenvalue weighted by Crippen LogP contribution is 2.30. The zero-order valence-electron chi connectivity index (χ0n) is 24.5. The molecule has 1 amide bonds. The number of aliphatic hydroxyl groups excluding tert-OH is 1. The van der Waals surface area contributed by atoms with Crippen molar-refractivity contribution in [2.45, 2.75) is 109 Å². The first kappa shape index (κ1) is 32.1. The van der Waals surface area contributed by atoms with E-state index in [0.29, 0.717) is 12.7 Å². The molecule has 9 atom stereocenters. The predicted octanol–water partition coefficient (Wildman–Crippen LogP) is 3.24. The van der Waals surface area contributed by atoms with E-state index in [2.05, 4.69) is 18.3 Å². The number of hydrogen-bond acceptors (Lipinski definition) is 8. The van der Waals surface area contributed by atoms with Gasteiger partial charge in [0.15, 0.2) is 5.78 Å². The second-order valence-corrected chi connectivity index (χ2v) is 12.0. The Morgan fingerprint density at radius 1 is 1.30 bits per heavy atom. The standard InChI is InChI=1S/C30H46N2O8/c1-18(10-12-25-28(35)23(34)15-30(5,6)40-25)9-11-24-20(3)14-22(21(4)39-24)31-27-17-38-26(16-32(27)29(36)37)19(2)8-7-13-33/h7-10,12-13,19-22,24-28,31,35H,11,14-17H2,1-6H3,(H,36,37)/t19?,20-,21+,22+,24-,25+,26+,27?,28-/m0/s1. The minimum absolute atomic E-state index is 0.00134. The van der Waals surface area contributed by atoms with Gasteiger partial charge < -0.3 is 24.4 Å². The van der Waals surface area contributed by atoms with Crippen LogP contribution >= 0.6 is 0 Å². The van der Waals surface area contributed by atoms with Gasteiger partial charge in [0.25, 0.3) is 0 Å². The summed E-state index contributed by atoms with van der Waals surface area (Å²) in [5, 5.41) is 23.5. The van der Waals surface area contributed by atoms with Gasteiger partial charge in [0.05, 0.1) is 37.1 Å². The molecule has 40 heavy (non-hydrogen) atoms. The molecule has 0 aromatic carbocycles. The van der Waals surface area contributed by atoms with Gasteiger partial charge >= 0.3 is 6.09 Å². The molecule has 3 saturated heterocycles. The third kappa shape index (κ3) is 8.57. The largest absolute Gasteiger partial charge is 0.465 e. The van der Waals surface area contributed by atoms with Gasteiger partial charge in [-0.15, -0.1) is 0 Å². The van der Waals surface area contributed by atoms with E-state index in [1.165, 1.54) is 11.0 Å². The maximum Gasteiger partial charge on any atom is 0.408 e. The van der Waals surface area contributed by atoms with E-state index in [1.807, 2.05) is 40.7 Å². The van der Waals surface area contributed by atoms with E-state index in [-0.39, 0.29) is 61.5 Å². The van der Waals surface area contributed by atoms with Crippen molar-refractivity contribution in [3.8, 4) is 0 Å². The van der Waals surface area contributed by atoms with E-state index < -0.39 is 30.1 Å². The summed E-state index contributed by atoms with van der Waals surface area (Å²) in [5.74, 6) is -0.0687. The number of nitrogens with zero attached hydrogens (tertiary/aromatic N) is 1. The molecule has 0 spiro atoms. The molecule has 0 saturated carbocycles. The van der Waals surface area contributed by atoms with Crippen LogP contribution < -0.4 is 5.32 Å². The number of allylic oxidation sites excluding steroid dienone is 3. The number of ether oxygens (including phenoxy) is 3. The number of aliphatic hydroxyl groups is 1. The fourth-order valence-electron chi connectivity index (χ4n) is 5.62. The van der Waals surface area contributed by atoms with Crippen molar-refractivity contribution in [3.63, 3.8) is 0 Å². The van der Waals surface area contributed by atoms with Gasteiger partial charge in [-0.2, -0.15) is 0 Å². The smallest absolute Gasteiger partial charge is 0.408 e. The quantitative estimate of drug-likeness (QED) is 0.220. The Labute approximate surface area is 237 Å². The number of morpholine rings is 1. The fourth-order valence-corrected chi connectivity index (χ4v) is 5.62. The van der Waals surface area contributed by atoms with Gasteiger partial charge in [-0.25, -0.2) is 4.79 Å². The molecule has 0 aromatic rings. The average Bonchev–Trinajstić information content (AvgIpc) is 2.89. The van der Waals surface area contributed by atoms with Crippen LogP contribution in [0.4, 0.5) is 4.79 Å². The third-order valence-corrected chi connectivity index (χ3v) is 8.09. The SMILES string of the molecule is CC(C=C[C@H]1OC(C)(C)CC(=O)[C@@H]1O)=CC[C@@H]1O[C@H](C)[C@H](NC2CO[C@@H](C(C)C=CC=O)CN2C(=O)O)C[C@@H]1C. The number of aldehydes is 1. The highest BCUT2D eigenvalue weighted by Gasteiger charge is 2.40. The van der Waals surface area contributed by atoms with Gasteiger partial charge in [0.2, 0.25) is 0 Å². The fraction of sp³-hybridized carbons (Fsp3) is 0.700. The number of carbonyl (C=O) groups excluding carboxylic acids is 2. The molecule has 0 aromatic heterocycles. The third-order valence-electron chi connectivity index (χ3n) is 8.09. The van der Waals surface area contributed by atoms with E-state index in [4.69, 9.17) is 14.2 Å². The summed E-state index contributed by atoms with van der Waals surface area (Å²) in [6, 6.07) is -0.0403. The zero-order valence-corrected chi connectivity index (χ0v) is 24.5. The van der Waals surface area contributed by atoms with E-state index in [0.717, 1.165) is 12.0 Å². The number of rotatable bonds is 9. The Balaban J connectivity index is 1.54. The number of carbonyl (C=O) groups is 3. The van der Waals surface area contributed by atoms with Gasteiger partial charge in [-0.05, 0) is 52.5 Å². The average molecular weight is 563 g/mol. The molecule has 3 N–H and O–H groups in total. The van der Waals surface area contributed by atoms with Crippen molar-refractivity contribution in [1.82, 2.24) is 10.2 Å². The van der Waals surface area contributed by atoms with E-state index in [9.17, 15) is 24.6 Å². The van der Waals surface area contributed by atoms with E-state index in [1.54, 1.807) is 12.2 Å². The number of hydrogen-bond donors (Lipinski definition) is 3. The number of ketones is 1. The second kappa shape index (κ2) is 14.0. The lowest BCUT2D eigenvalue weighted by Crippen LogP contribution is -2.63. The number of carboxylic acid groups (broad SMARTS) is 1. The Hall–Kier alpha value is -2.37. The van der Waals surface area contributed by atoms with Crippen molar-refractivity contribution in [1.29, 1.82) is 0 Å². The van der Waals surface area contributed by atoms with Crippen LogP contribution in [0.15, 0.2) is 36.0 Å². The highest BCUT2D eigenvalue weighted by molar-refractivity contribution is 5.85. The Bertz CT molecular complexity index is 992. The molecule has 3 rings (SSSR count). The van der Waals surface area contributed by atoms with Crippen LogP contribution in [0.2, 0.25) is 0 Å². The van der Waals surface area contributed by atoms with Crippen LogP contribution in [0.25, 0.3) is 0 Å². The maximum absolute atomic E-state index is 12.1. The molecule has 3 aliphatic heterocycles. The zero-order chi connectivity index (χ0) is 29.6. The van der Waals surface area contributed by atoms with Crippen molar-refractivity contribution < 1.29 is 38.8 Å². The van der Waals surface area contributed by atoms with E-state index >= 15 is 0 Å². The lowest BCUT2D eigenvalue weighted by molar-refractivity contribution is -0.165. The molecule has 10 heteroatoms. The molecule has 0 radical (unpaired) electrons. The van der Waals surface area contributed by atoms with Crippen molar-refractivity contribution >= 4 is 18.2 Å². The van der Waals surface area contributed by atoms with Crippen molar-refractivity contribution in [2.24, 2.45) is 11.8 Å². The number of nitrogens with one attached hydrogen (secondary N) is 1. The van der Waals surface area contributed by atoms with Gasteiger partial charge in [-0.1, -0.05) is 43.7 Å². The van der Waals surface area contributed by atoms with Gasteiger partial charge in [0, 0.05) is 18.4 Å². The molecule has 3 aliphatic rings. The normalized spacial score (nSPS) is 36.2. The molecule has 2 unspecified atom stereocenters. The van der Waals surface area contributed by atoms with Crippen molar-refractivity contribution in [2.75, 3.05) is 13.2 Å². The van der Waals surface area contributed by atoms with Gasteiger partial charge in [-0.3, -0.25) is 19.8 Å². The summed E-state index contributed by atoms with van der Waals surface area (Å²) in [7, 11) is 0. The summed E-state index contributed by atoms with van der Waals surface area (Å²) >= 11 is 0. The monoisotopic (exact) mass is 562 g/mol. The number of amides is 1. The lowest BCUT2D eigenvalue weighted by atomic mass is 9.87. The first-order valence-electron chi connectivity index (χ1n) is 14.2. The molecular formula is C30H46N2O8. The van der Waals surface area contributed by atoms with Crippen LogP contribution in [0.1, 0.15) is 60.8 Å². The molecule has 0 aliphatic carbocycles. The lowest BCUT2D eigenvalue weighted by Gasteiger charge is -2.45. The Morgan fingerprint density at radius 3 is 2.70 bits per heavy atom. The summed E-state index contributed by atoms with van der Waals surface area (Å²) in [6.45, 7) is 12.1. The molecule has 3 fully saturated rings. The molecule has 224 valence electrons. The Kier molecular flexibility index (Phi) is 11.3. The van der Waals surface area contributed by atoms with Crippen LogP contribution in [0, 0.1) is 11.8 Å². The summed E-state index contributed by atoms with van der Waals surface area (Å²) in [6.07, 6.45) is 7.48. The van der Waals surface area contributed by atoms with Crippen LogP contribution in [0.3, 0.4) is 0 Å².